The number of amides is 1. The average Bonchev–Trinajstić information content (AvgIpc) is 3.15. The van der Waals surface area contributed by atoms with Crippen LogP contribution in [0.1, 0.15) is 64.4 Å². The largest absolute Gasteiger partial charge is 0.494 e. The lowest BCUT2D eigenvalue weighted by Gasteiger charge is -2.39. The summed E-state index contributed by atoms with van der Waals surface area (Å²) in [6, 6.07) is 5.97. The number of ether oxygens (including phenoxy) is 2. The third kappa shape index (κ3) is 4.49. The standard InChI is InChI=1S/C25H35N3O4/c1-6-31-17-8-9-19-18(10-17)21(22(26-19)23(30)32-7-2)27-20(29)13-28-15-25(5)12-16(28)11-24(3,4)14-25/h8-10,16,26H,6-7,11-15H2,1-5H3,(H,27,29)/t16-,25+/m0/s1. The molecule has 1 aliphatic heterocycles. The van der Waals surface area contributed by atoms with Gasteiger partial charge in [-0.2, -0.15) is 0 Å². The molecule has 2 fully saturated rings. The number of nitrogens with zero attached hydrogens (tertiary/aromatic N) is 1. The predicted octanol–water partition coefficient (Wildman–Crippen LogP) is 4.58. The fourth-order valence-corrected chi connectivity index (χ4v) is 6.04. The number of carbonyl (C=O) groups excluding carboxylic acids is 2. The predicted molar refractivity (Wildman–Crippen MR) is 125 cm³/mol. The minimum absolute atomic E-state index is 0.118. The number of fused-ring (bicyclic) bond motifs is 3. The van der Waals surface area contributed by atoms with Gasteiger partial charge in [0.2, 0.25) is 5.91 Å². The third-order valence-corrected chi connectivity index (χ3v) is 6.69. The Labute approximate surface area is 189 Å². The van der Waals surface area contributed by atoms with Gasteiger partial charge in [-0.15, -0.1) is 0 Å². The molecule has 2 aliphatic rings. The van der Waals surface area contributed by atoms with E-state index in [9.17, 15) is 9.59 Å². The molecule has 174 valence electrons. The van der Waals surface area contributed by atoms with E-state index in [1.54, 1.807) is 6.92 Å². The molecule has 2 aromatic rings. The number of hydrogen-bond acceptors (Lipinski definition) is 5. The van der Waals surface area contributed by atoms with E-state index in [1.807, 2.05) is 25.1 Å². The molecular weight excluding hydrogens is 406 g/mol. The first-order chi connectivity index (χ1) is 15.1. The molecule has 32 heavy (non-hydrogen) atoms. The molecule has 2 bridgehead atoms. The van der Waals surface area contributed by atoms with Crippen molar-refractivity contribution in [1.82, 2.24) is 9.88 Å². The number of aromatic nitrogens is 1. The summed E-state index contributed by atoms with van der Waals surface area (Å²) in [5, 5.41) is 3.75. The number of anilines is 1. The van der Waals surface area contributed by atoms with Crippen LogP contribution in [0.15, 0.2) is 18.2 Å². The van der Waals surface area contributed by atoms with Gasteiger partial charge in [0.05, 0.1) is 25.4 Å². The number of H-pyrrole nitrogens is 1. The van der Waals surface area contributed by atoms with Crippen LogP contribution in [0.5, 0.6) is 5.75 Å². The van der Waals surface area contributed by atoms with E-state index in [2.05, 4.69) is 36.0 Å². The topological polar surface area (TPSA) is 83.7 Å². The van der Waals surface area contributed by atoms with Crippen molar-refractivity contribution in [3.63, 3.8) is 0 Å². The van der Waals surface area contributed by atoms with E-state index in [0.717, 1.165) is 30.3 Å². The molecule has 2 atom stereocenters. The first kappa shape index (κ1) is 22.6. The lowest BCUT2D eigenvalue weighted by molar-refractivity contribution is -0.117. The van der Waals surface area contributed by atoms with Gasteiger partial charge in [-0.25, -0.2) is 4.79 Å². The molecule has 4 rings (SSSR count). The molecule has 7 nitrogen and oxygen atoms in total. The molecular formula is C25H35N3O4. The van der Waals surface area contributed by atoms with Gasteiger partial charge in [0.25, 0.3) is 0 Å². The Hall–Kier alpha value is -2.54. The van der Waals surface area contributed by atoms with Crippen molar-refractivity contribution in [1.29, 1.82) is 0 Å². The second-order valence-electron chi connectivity index (χ2n) is 10.4. The number of nitrogens with one attached hydrogen (secondary N) is 2. The Morgan fingerprint density at radius 3 is 2.69 bits per heavy atom. The van der Waals surface area contributed by atoms with E-state index in [1.165, 1.54) is 6.42 Å². The number of carbonyl (C=O) groups is 2. The monoisotopic (exact) mass is 441 g/mol. The Kier molecular flexibility index (Phi) is 5.96. The van der Waals surface area contributed by atoms with Crippen LogP contribution in [-0.4, -0.2) is 54.1 Å². The molecule has 1 amide bonds. The Morgan fingerprint density at radius 2 is 1.97 bits per heavy atom. The molecule has 2 heterocycles. The second kappa shape index (κ2) is 8.43. The highest BCUT2D eigenvalue weighted by Gasteiger charge is 2.49. The summed E-state index contributed by atoms with van der Waals surface area (Å²) in [6.45, 7) is 12.7. The van der Waals surface area contributed by atoms with Crippen molar-refractivity contribution >= 4 is 28.5 Å². The van der Waals surface area contributed by atoms with Crippen LogP contribution in [0.3, 0.4) is 0 Å². The minimum atomic E-state index is -0.483. The van der Waals surface area contributed by atoms with Crippen molar-refractivity contribution < 1.29 is 19.1 Å². The number of benzene rings is 1. The van der Waals surface area contributed by atoms with E-state index >= 15 is 0 Å². The van der Waals surface area contributed by atoms with Crippen molar-refractivity contribution in [3.8, 4) is 5.75 Å². The lowest BCUT2D eigenvalue weighted by atomic mass is 9.65. The zero-order valence-electron chi connectivity index (χ0n) is 19.8. The van der Waals surface area contributed by atoms with Gasteiger partial charge in [0, 0.05) is 23.5 Å². The lowest BCUT2D eigenvalue weighted by Crippen LogP contribution is -2.38. The maximum Gasteiger partial charge on any atom is 0.356 e. The summed E-state index contributed by atoms with van der Waals surface area (Å²) in [5.41, 5.74) is 2.02. The van der Waals surface area contributed by atoms with Gasteiger partial charge in [-0.1, -0.05) is 20.8 Å². The van der Waals surface area contributed by atoms with Crippen LogP contribution in [-0.2, 0) is 9.53 Å². The molecule has 1 aromatic heterocycles. The highest BCUT2D eigenvalue weighted by Crippen LogP contribution is 2.52. The Balaban J connectivity index is 1.58. The summed E-state index contributed by atoms with van der Waals surface area (Å²) in [6.07, 6.45) is 3.43. The summed E-state index contributed by atoms with van der Waals surface area (Å²) >= 11 is 0. The van der Waals surface area contributed by atoms with Gasteiger partial charge in [0.15, 0.2) is 0 Å². The first-order valence-electron chi connectivity index (χ1n) is 11.6. The van der Waals surface area contributed by atoms with Crippen molar-refractivity contribution in [3.05, 3.63) is 23.9 Å². The average molecular weight is 442 g/mol. The van der Waals surface area contributed by atoms with E-state index in [4.69, 9.17) is 9.47 Å². The summed E-state index contributed by atoms with van der Waals surface area (Å²) in [5.74, 6) is 0.0869. The summed E-state index contributed by atoms with van der Waals surface area (Å²) in [4.78, 5) is 31.2. The number of hydrogen-bond donors (Lipinski definition) is 2. The fourth-order valence-electron chi connectivity index (χ4n) is 6.04. The maximum absolute atomic E-state index is 13.2. The molecule has 0 unspecified atom stereocenters. The molecule has 0 radical (unpaired) electrons. The number of rotatable bonds is 7. The van der Waals surface area contributed by atoms with Gasteiger partial charge in [0.1, 0.15) is 11.4 Å². The van der Waals surface area contributed by atoms with Crippen LogP contribution in [0.2, 0.25) is 0 Å². The molecule has 7 heteroatoms. The highest BCUT2D eigenvalue weighted by atomic mass is 16.5. The molecule has 1 aromatic carbocycles. The van der Waals surface area contributed by atoms with Crippen LogP contribution in [0, 0.1) is 10.8 Å². The first-order valence-corrected chi connectivity index (χ1v) is 11.6. The van der Waals surface area contributed by atoms with Crippen molar-refractivity contribution in [2.45, 2.75) is 59.9 Å². The Morgan fingerprint density at radius 1 is 1.19 bits per heavy atom. The minimum Gasteiger partial charge on any atom is -0.494 e. The van der Waals surface area contributed by atoms with Gasteiger partial charge < -0.3 is 19.8 Å². The fraction of sp³-hybridized carbons (Fsp3) is 0.600. The maximum atomic E-state index is 13.2. The number of aromatic amines is 1. The SMILES string of the molecule is CCOC(=O)c1[nH]c2ccc(OCC)cc2c1NC(=O)CN1C[C@]2(C)C[C@@H]1CC(C)(C)C2. The summed E-state index contributed by atoms with van der Waals surface area (Å²) in [7, 11) is 0. The zero-order valence-corrected chi connectivity index (χ0v) is 19.8. The quantitative estimate of drug-likeness (QED) is 0.615. The highest BCUT2D eigenvalue weighted by molar-refractivity contribution is 6.11. The van der Waals surface area contributed by atoms with E-state index < -0.39 is 5.97 Å². The van der Waals surface area contributed by atoms with Crippen LogP contribution < -0.4 is 10.1 Å². The van der Waals surface area contributed by atoms with Crippen molar-refractivity contribution in [2.24, 2.45) is 10.8 Å². The van der Waals surface area contributed by atoms with E-state index in [0.29, 0.717) is 36.0 Å². The molecule has 1 saturated carbocycles. The normalized spacial score (nSPS) is 24.5. The number of esters is 1. The molecule has 2 N–H and O–H groups in total. The smallest absolute Gasteiger partial charge is 0.356 e. The van der Waals surface area contributed by atoms with Crippen LogP contribution >= 0.6 is 0 Å². The van der Waals surface area contributed by atoms with Crippen LogP contribution in [0.4, 0.5) is 5.69 Å². The van der Waals surface area contributed by atoms with E-state index in [-0.39, 0.29) is 23.6 Å². The molecule has 1 saturated heterocycles. The molecule has 0 spiro atoms. The second-order valence-corrected chi connectivity index (χ2v) is 10.4. The van der Waals surface area contributed by atoms with Crippen LogP contribution in [0.25, 0.3) is 10.9 Å². The van der Waals surface area contributed by atoms with Gasteiger partial charge >= 0.3 is 5.97 Å². The summed E-state index contributed by atoms with van der Waals surface area (Å²) < 4.78 is 10.8. The van der Waals surface area contributed by atoms with Gasteiger partial charge in [-0.05, 0) is 62.1 Å². The number of likely N-dealkylation sites (tertiary alicyclic amines) is 1. The zero-order chi connectivity index (χ0) is 23.1. The van der Waals surface area contributed by atoms with Gasteiger partial charge in [-0.3, -0.25) is 9.69 Å². The Bertz CT molecular complexity index is 1030. The van der Waals surface area contributed by atoms with Crippen molar-refractivity contribution in [2.75, 3.05) is 31.6 Å². The molecule has 1 aliphatic carbocycles. The third-order valence-electron chi connectivity index (χ3n) is 6.69.